The Bertz CT molecular complexity index is 710. The molecule has 0 bridgehead atoms. The van der Waals surface area contributed by atoms with Crippen LogP contribution >= 0.6 is 24.0 Å². The van der Waals surface area contributed by atoms with Crippen molar-refractivity contribution in [3.8, 4) is 0 Å². The molecule has 10 heteroatoms. The van der Waals surface area contributed by atoms with Gasteiger partial charge in [-0.05, 0) is 43.7 Å². The van der Waals surface area contributed by atoms with Gasteiger partial charge in [0, 0.05) is 52.3 Å². The molecule has 0 spiro atoms. The SMILES string of the molecule is CCOCCC1(CNC(=NC)NCCNS(=O)(=O)c2cccnc2)CCCC1.I. The van der Waals surface area contributed by atoms with Gasteiger partial charge < -0.3 is 15.4 Å². The molecule has 1 aromatic rings. The van der Waals surface area contributed by atoms with Gasteiger partial charge in [0.2, 0.25) is 10.0 Å². The van der Waals surface area contributed by atoms with E-state index in [4.69, 9.17) is 4.74 Å². The Labute approximate surface area is 191 Å². The van der Waals surface area contributed by atoms with Gasteiger partial charge in [-0.25, -0.2) is 13.1 Å². The Morgan fingerprint density at radius 3 is 2.66 bits per heavy atom. The Hall–Kier alpha value is -0.980. The van der Waals surface area contributed by atoms with Crippen LogP contribution in [0.2, 0.25) is 0 Å². The molecule has 1 aliphatic rings. The molecule has 1 fully saturated rings. The molecule has 166 valence electrons. The molecule has 0 radical (unpaired) electrons. The number of aromatic nitrogens is 1. The van der Waals surface area contributed by atoms with E-state index in [-0.39, 0.29) is 40.8 Å². The second-order valence-electron chi connectivity index (χ2n) is 7.09. The number of hydrogen-bond donors (Lipinski definition) is 3. The van der Waals surface area contributed by atoms with Crippen molar-refractivity contribution < 1.29 is 13.2 Å². The molecule has 0 amide bonds. The van der Waals surface area contributed by atoms with E-state index < -0.39 is 10.0 Å². The van der Waals surface area contributed by atoms with E-state index in [1.54, 1.807) is 19.3 Å². The van der Waals surface area contributed by atoms with Crippen LogP contribution < -0.4 is 15.4 Å². The van der Waals surface area contributed by atoms with Crippen LogP contribution in [-0.2, 0) is 14.8 Å². The molecule has 1 aliphatic carbocycles. The average Bonchev–Trinajstić information content (AvgIpc) is 3.17. The fourth-order valence-electron chi connectivity index (χ4n) is 3.52. The van der Waals surface area contributed by atoms with Crippen LogP contribution in [0, 0.1) is 5.41 Å². The molecule has 0 atom stereocenters. The highest BCUT2D eigenvalue weighted by molar-refractivity contribution is 14.0. The van der Waals surface area contributed by atoms with Crippen LogP contribution in [0.1, 0.15) is 39.0 Å². The van der Waals surface area contributed by atoms with Crippen LogP contribution in [0.4, 0.5) is 0 Å². The summed E-state index contributed by atoms with van der Waals surface area (Å²) in [5.41, 5.74) is 0.259. The summed E-state index contributed by atoms with van der Waals surface area (Å²) in [6.07, 6.45) is 8.85. The van der Waals surface area contributed by atoms with Gasteiger partial charge >= 0.3 is 0 Å². The predicted octanol–water partition coefficient (Wildman–Crippen LogP) is 2.13. The van der Waals surface area contributed by atoms with Gasteiger partial charge in [0.25, 0.3) is 0 Å². The predicted molar refractivity (Wildman–Crippen MR) is 126 cm³/mol. The van der Waals surface area contributed by atoms with Gasteiger partial charge in [0.05, 0.1) is 0 Å². The summed E-state index contributed by atoms with van der Waals surface area (Å²) in [5.74, 6) is 0.684. The second-order valence-corrected chi connectivity index (χ2v) is 8.86. The quantitative estimate of drug-likeness (QED) is 0.172. The third-order valence-electron chi connectivity index (χ3n) is 5.15. The Kier molecular flexibility index (Phi) is 12.0. The van der Waals surface area contributed by atoms with E-state index >= 15 is 0 Å². The van der Waals surface area contributed by atoms with Crippen LogP contribution in [0.15, 0.2) is 34.4 Å². The van der Waals surface area contributed by atoms with Crippen LogP contribution in [0.25, 0.3) is 0 Å². The summed E-state index contributed by atoms with van der Waals surface area (Å²) in [5, 5.41) is 6.57. The number of pyridine rings is 1. The molecule has 8 nitrogen and oxygen atoms in total. The zero-order valence-corrected chi connectivity index (χ0v) is 20.5. The topological polar surface area (TPSA) is 105 Å². The van der Waals surface area contributed by atoms with E-state index in [0.717, 1.165) is 26.2 Å². The highest BCUT2D eigenvalue weighted by Gasteiger charge is 2.33. The highest BCUT2D eigenvalue weighted by Crippen LogP contribution is 2.40. The number of sulfonamides is 1. The number of nitrogens with zero attached hydrogens (tertiary/aromatic N) is 2. The van der Waals surface area contributed by atoms with Crippen molar-refractivity contribution >= 4 is 40.0 Å². The largest absolute Gasteiger partial charge is 0.382 e. The molecular formula is C19H34IN5O3S. The molecule has 0 aliphatic heterocycles. The minimum Gasteiger partial charge on any atom is -0.382 e. The first-order valence-corrected chi connectivity index (χ1v) is 11.4. The lowest BCUT2D eigenvalue weighted by atomic mass is 9.83. The van der Waals surface area contributed by atoms with Crippen molar-refractivity contribution in [2.24, 2.45) is 10.4 Å². The number of guanidine groups is 1. The number of aliphatic imine (C=N–C) groups is 1. The maximum absolute atomic E-state index is 12.2. The molecule has 3 N–H and O–H groups in total. The first-order chi connectivity index (χ1) is 13.5. The Morgan fingerprint density at radius 2 is 2.03 bits per heavy atom. The first kappa shape index (κ1) is 26.1. The van der Waals surface area contributed by atoms with E-state index in [1.165, 1.54) is 37.9 Å². The number of halogens is 1. The van der Waals surface area contributed by atoms with Crippen molar-refractivity contribution in [3.05, 3.63) is 24.5 Å². The molecule has 0 saturated heterocycles. The zero-order chi connectivity index (χ0) is 20.3. The lowest BCUT2D eigenvalue weighted by molar-refractivity contribution is 0.105. The van der Waals surface area contributed by atoms with Gasteiger partial charge in [-0.1, -0.05) is 12.8 Å². The summed E-state index contributed by atoms with van der Waals surface area (Å²) >= 11 is 0. The molecule has 1 heterocycles. The zero-order valence-electron chi connectivity index (χ0n) is 17.3. The minimum absolute atomic E-state index is 0. The summed E-state index contributed by atoms with van der Waals surface area (Å²) < 4.78 is 32.5. The van der Waals surface area contributed by atoms with Crippen molar-refractivity contribution in [3.63, 3.8) is 0 Å². The van der Waals surface area contributed by atoms with Gasteiger partial charge in [-0.2, -0.15) is 0 Å². The van der Waals surface area contributed by atoms with Gasteiger partial charge in [-0.15, -0.1) is 24.0 Å². The summed E-state index contributed by atoms with van der Waals surface area (Å²) in [7, 11) is -1.82. The van der Waals surface area contributed by atoms with E-state index in [1.807, 2.05) is 6.92 Å². The third-order valence-corrected chi connectivity index (χ3v) is 6.60. The van der Waals surface area contributed by atoms with E-state index in [9.17, 15) is 8.42 Å². The van der Waals surface area contributed by atoms with Crippen molar-refractivity contribution in [2.45, 2.75) is 43.9 Å². The van der Waals surface area contributed by atoms with Crippen molar-refractivity contribution in [1.29, 1.82) is 0 Å². The lowest BCUT2D eigenvalue weighted by Gasteiger charge is -2.30. The number of rotatable bonds is 11. The monoisotopic (exact) mass is 539 g/mol. The van der Waals surface area contributed by atoms with Gasteiger partial charge in [0.1, 0.15) is 4.90 Å². The summed E-state index contributed by atoms with van der Waals surface area (Å²) in [4.78, 5) is 8.25. The fraction of sp³-hybridized carbons (Fsp3) is 0.684. The van der Waals surface area contributed by atoms with Gasteiger partial charge in [-0.3, -0.25) is 9.98 Å². The third kappa shape index (κ3) is 8.73. The minimum atomic E-state index is -3.54. The van der Waals surface area contributed by atoms with E-state index in [2.05, 4.69) is 25.3 Å². The molecular weight excluding hydrogens is 505 g/mol. The number of ether oxygens (including phenoxy) is 1. The van der Waals surface area contributed by atoms with Gasteiger partial charge in [0.15, 0.2) is 5.96 Å². The normalized spacial score (nSPS) is 16.3. The van der Waals surface area contributed by atoms with Crippen molar-refractivity contribution in [2.75, 3.05) is 39.9 Å². The van der Waals surface area contributed by atoms with Crippen molar-refractivity contribution in [1.82, 2.24) is 20.3 Å². The molecule has 0 unspecified atom stereocenters. The standard InChI is InChI=1S/C19H33N5O3S.HI/c1-3-27-14-10-19(8-4-5-9-19)16-23-18(20-2)22-12-13-24-28(25,26)17-7-6-11-21-15-17;/h6-7,11,15,24H,3-5,8-10,12-14,16H2,1-2H3,(H2,20,22,23);1H. The molecule has 2 rings (SSSR count). The molecule has 29 heavy (non-hydrogen) atoms. The maximum Gasteiger partial charge on any atom is 0.242 e. The molecule has 0 aromatic carbocycles. The van der Waals surface area contributed by atoms with Crippen LogP contribution in [-0.4, -0.2) is 59.3 Å². The lowest BCUT2D eigenvalue weighted by Crippen LogP contribution is -2.45. The molecule has 1 saturated carbocycles. The maximum atomic E-state index is 12.2. The smallest absolute Gasteiger partial charge is 0.242 e. The van der Waals surface area contributed by atoms with Crippen LogP contribution in [0.5, 0.6) is 0 Å². The Morgan fingerprint density at radius 1 is 1.28 bits per heavy atom. The Balaban J connectivity index is 0.00000420. The molecule has 1 aromatic heterocycles. The second kappa shape index (κ2) is 13.3. The first-order valence-electron chi connectivity index (χ1n) is 9.93. The highest BCUT2D eigenvalue weighted by atomic mass is 127. The summed E-state index contributed by atoms with van der Waals surface area (Å²) in [6.45, 7) is 5.11. The number of nitrogens with one attached hydrogen (secondary N) is 3. The number of hydrogen-bond acceptors (Lipinski definition) is 5. The average molecular weight is 539 g/mol. The fourth-order valence-corrected chi connectivity index (χ4v) is 4.52. The van der Waals surface area contributed by atoms with E-state index in [0.29, 0.717) is 12.5 Å². The summed E-state index contributed by atoms with van der Waals surface area (Å²) in [6, 6.07) is 3.12. The van der Waals surface area contributed by atoms with Crippen LogP contribution in [0.3, 0.4) is 0 Å².